The van der Waals surface area contributed by atoms with Crippen molar-refractivity contribution in [1.29, 1.82) is 0 Å². The van der Waals surface area contributed by atoms with Crippen LogP contribution in [0.5, 0.6) is 0 Å². The van der Waals surface area contributed by atoms with Gasteiger partial charge in [0.05, 0.1) is 29.8 Å². The van der Waals surface area contributed by atoms with E-state index in [9.17, 15) is 19.5 Å². The molecule has 0 bridgehead atoms. The summed E-state index contributed by atoms with van der Waals surface area (Å²) in [5.74, 6) is -0.456. The van der Waals surface area contributed by atoms with E-state index in [0.29, 0.717) is 37.2 Å². The first-order valence-corrected chi connectivity index (χ1v) is 18.3. The van der Waals surface area contributed by atoms with Crippen molar-refractivity contribution in [2.24, 2.45) is 0 Å². The Balaban J connectivity index is 0.00000583. The number of aliphatic hydroxyl groups excluding tert-OH is 1. The molecule has 5 rings (SSSR count). The molecule has 1 N–H and O–H groups in total. The van der Waals surface area contributed by atoms with Crippen LogP contribution in [0.15, 0.2) is 83.3 Å². The summed E-state index contributed by atoms with van der Waals surface area (Å²) in [5.41, 5.74) is 6.44. The molecule has 3 aliphatic rings. The predicted molar refractivity (Wildman–Crippen MR) is 197 cm³/mol. The number of nitrogens with zero attached hydrogens (tertiary/aromatic N) is 2. The second kappa shape index (κ2) is 17.0. The Labute approximate surface area is 313 Å². The number of hydrogen-bond acceptors (Lipinski definition) is 7. The van der Waals surface area contributed by atoms with Crippen molar-refractivity contribution in [2.75, 3.05) is 31.2 Å². The minimum Gasteiger partial charge on any atom is -1.00 e. The number of Topliss-reactive ketones (excluding diaryl/α,β-unsaturated/α-hetero) is 1. The summed E-state index contributed by atoms with van der Waals surface area (Å²) in [7, 11) is 0. The SMILES string of the molecule is CCOC(=O)CCCCCN1/C(=C/C2=C(O)C(=C/C3=[N+](CCCCCC(=O)OCC)c4ccccc4C3(C)C)/C2=O)C(C)(C)c2ccccc21.[Br-]. The molecule has 8 nitrogen and oxygen atoms in total. The molecule has 1 aliphatic carbocycles. The average Bonchev–Trinajstić information content (AvgIpc) is 3.44. The Morgan fingerprint density at radius 2 is 1.37 bits per heavy atom. The summed E-state index contributed by atoms with van der Waals surface area (Å²) in [6, 6.07) is 16.6. The lowest BCUT2D eigenvalue weighted by Crippen LogP contribution is -3.00. The molecule has 0 saturated carbocycles. The lowest BCUT2D eigenvalue weighted by atomic mass is 9.77. The van der Waals surface area contributed by atoms with Crippen LogP contribution >= 0.6 is 0 Å². The number of anilines is 1. The number of allylic oxidation sites excluding steroid dienone is 5. The first-order valence-electron chi connectivity index (χ1n) is 18.3. The smallest absolute Gasteiger partial charge is 0.305 e. The van der Waals surface area contributed by atoms with E-state index < -0.39 is 0 Å². The number of hydrogen-bond donors (Lipinski definition) is 1. The largest absolute Gasteiger partial charge is 1.00 e. The van der Waals surface area contributed by atoms with Gasteiger partial charge in [0, 0.05) is 60.3 Å². The van der Waals surface area contributed by atoms with Crippen LogP contribution in [0.4, 0.5) is 11.4 Å². The Morgan fingerprint density at radius 3 is 2.00 bits per heavy atom. The monoisotopic (exact) mass is 760 g/mol. The van der Waals surface area contributed by atoms with Crippen molar-refractivity contribution in [2.45, 2.75) is 104 Å². The highest BCUT2D eigenvalue weighted by molar-refractivity contribution is 6.24. The fourth-order valence-corrected chi connectivity index (χ4v) is 7.57. The molecule has 0 atom stereocenters. The van der Waals surface area contributed by atoms with E-state index in [-0.39, 0.29) is 51.3 Å². The first kappa shape index (κ1) is 39.8. The third-order valence-electron chi connectivity index (χ3n) is 10.3. The maximum atomic E-state index is 13.9. The molecule has 51 heavy (non-hydrogen) atoms. The molecule has 2 aromatic rings. The zero-order valence-electron chi connectivity index (χ0n) is 31.0. The number of esters is 2. The van der Waals surface area contributed by atoms with Gasteiger partial charge in [0.1, 0.15) is 12.3 Å². The van der Waals surface area contributed by atoms with Crippen LogP contribution in [0.25, 0.3) is 0 Å². The summed E-state index contributed by atoms with van der Waals surface area (Å²) in [6.07, 6.45) is 9.62. The van der Waals surface area contributed by atoms with Crippen molar-refractivity contribution in [3.05, 3.63) is 94.4 Å². The molecular formula is C42H53BrN2O6. The first-order chi connectivity index (χ1) is 23.9. The molecule has 0 radical (unpaired) electrons. The zero-order chi connectivity index (χ0) is 36.1. The Bertz CT molecular complexity index is 1770. The van der Waals surface area contributed by atoms with E-state index in [1.54, 1.807) is 0 Å². The summed E-state index contributed by atoms with van der Waals surface area (Å²) in [6.45, 7) is 14.5. The predicted octanol–water partition coefficient (Wildman–Crippen LogP) is 5.32. The zero-order valence-corrected chi connectivity index (χ0v) is 32.6. The lowest BCUT2D eigenvalue weighted by Gasteiger charge is -2.29. The average molecular weight is 762 g/mol. The maximum absolute atomic E-state index is 13.9. The fourth-order valence-electron chi connectivity index (χ4n) is 7.57. The molecule has 9 heteroatoms. The van der Waals surface area contributed by atoms with Crippen molar-refractivity contribution in [3.8, 4) is 0 Å². The van der Waals surface area contributed by atoms with Gasteiger partial charge < -0.3 is 36.5 Å². The van der Waals surface area contributed by atoms with E-state index in [1.165, 1.54) is 11.1 Å². The highest BCUT2D eigenvalue weighted by atomic mass is 79.9. The van der Waals surface area contributed by atoms with Gasteiger partial charge in [-0.2, -0.15) is 4.58 Å². The van der Waals surface area contributed by atoms with Crippen LogP contribution in [0.1, 0.15) is 104 Å². The van der Waals surface area contributed by atoms with E-state index in [1.807, 2.05) is 50.3 Å². The topological polar surface area (TPSA) is 96.2 Å². The van der Waals surface area contributed by atoms with Gasteiger partial charge in [0.25, 0.3) is 0 Å². The summed E-state index contributed by atoms with van der Waals surface area (Å²) in [4.78, 5) is 39.8. The van der Waals surface area contributed by atoms with Gasteiger partial charge in [0.2, 0.25) is 11.5 Å². The van der Waals surface area contributed by atoms with Crippen molar-refractivity contribution in [1.82, 2.24) is 0 Å². The number of carbonyl (C=O) groups excluding carboxylic acids is 3. The number of benzene rings is 2. The third-order valence-corrected chi connectivity index (χ3v) is 10.3. The Kier molecular flexibility index (Phi) is 13.3. The van der Waals surface area contributed by atoms with Crippen LogP contribution in [-0.4, -0.2) is 59.4 Å². The number of unbranched alkanes of at least 4 members (excludes halogenated alkanes) is 4. The van der Waals surface area contributed by atoms with Gasteiger partial charge in [-0.05, 0) is 71.1 Å². The Morgan fingerprint density at radius 1 is 0.784 bits per heavy atom. The molecule has 2 heterocycles. The quantitative estimate of drug-likeness (QED) is 0.107. The molecule has 0 spiro atoms. The van der Waals surface area contributed by atoms with Gasteiger partial charge in [0.15, 0.2) is 5.71 Å². The van der Waals surface area contributed by atoms with E-state index in [2.05, 4.69) is 61.4 Å². The van der Waals surface area contributed by atoms with E-state index in [4.69, 9.17) is 9.47 Å². The minimum atomic E-state index is -0.373. The highest BCUT2D eigenvalue weighted by Crippen LogP contribution is 2.49. The number of fused-ring (bicyclic) bond motifs is 2. The summed E-state index contributed by atoms with van der Waals surface area (Å²) >= 11 is 0. The van der Waals surface area contributed by atoms with Crippen LogP contribution in [0.2, 0.25) is 0 Å². The third kappa shape index (κ3) is 8.24. The van der Waals surface area contributed by atoms with E-state index in [0.717, 1.165) is 74.4 Å². The molecule has 0 unspecified atom stereocenters. The molecule has 0 amide bonds. The Hall–Kier alpha value is -3.98. The lowest BCUT2D eigenvalue weighted by molar-refractivity contribution is -0.438. The summed E-state index contributed by atoms with van der Waals surface area (Å²) in [5, 5.41) is 11.5. The molecule has 0 saturated heterocycles. The van der Waals surface area contributed by atoms with Crippen molar-refractivity contribution in [3.63, 3.8) is 0 Å². The molecule has 2 aromatic carbocycles. The van der Waals surface area contributed by atoms with E-state index >= 15 is 0 Å². The number of para-hydroxylation sites is 2. The number of carbonyl (C=O) groups is 3. The number of rotatable bonds is 16. The fraction of sp³-hybridized carbons (Fsp3) is 0.476. The molecule has 0 fully saturated rings. The van der Waals surface area contributed by atoms with Gasteiger partial charge in [-0.1, -0.05) is 56.7 Å². The van der Waals surface area contributed by atoms with Crippen LogP contribution in [0.3, 0.4) is 0 Å². The van der Waals surface area contributed by atoms with Gasteiger partial charge >= 0.3 is 11.9 Å². The molecule has 274 valence electrons. The van der Waals surface area contributed by atoms with Crippen LogP contribution in [-0.2, 0) is 34.7 Å². The minimum absolute atomic E-state index is 0. The maximum Gasteiger partial charge on any atom is 0.305 e. The second-order valence-electron chi connectivity index (χ2n) is 14.4. The standard InChI is InChI=1S/C42H52N2O6.BrH/c1-7-49-37(45)23-11-9-17-25-43-33-21-15-13-19-31(33)41(3,4)35(43)27-29-39(47)30(40(29)48)28-36-42(5,6)32-20-14-16-22-34(32)44(36)26-18-10-12-24-38(46)50-8-2;/h13-16,19-22,27-28H,7-12,17-18,23-26H2,1-6H3;1H. The van der Waals surface area contributed by atoms with Gasteiger partial charge in [-0.3, -0.25) is 14.4 Å². The van der Waals surface area contributed by atoms with Gasteiger partial charge in [-0.25, -0.2) is 0 Å². The summed E-state index contributed by atoms with van der Waals surface area (Å²) < 4.78 is 12.4. The van der Waals surface area contributed by atoms with Crippen LogP contribution < -0.4 is 21.9 Å². The second-order valence-corrected chi connectivity index (χ2v) is 14.4. The van der Waals surface area contributed by atoms with Crippen molar-refractivity contribution < 1.29 is 50.5 Å². The van der Waals surface area contributed by atoms with Crippen LogP contribution in [0, 0.1) is 0 Å². The molecule has 2 aliphatic heterocycles. The number of aliphatic hydroxyl groups is 1. The molecular weight excluding hydrogens is 708 g/mol. The highest BCUT2D eigenvalue weighted by Gasteiger charge is 2.47. The van der Waals surface area contributed by atoms with Gasteiger partial charge in [-0.15, -0.1) is 0 Å². The number of ether oxygens (including phenoxy) is 2. The molecule has 0 aromatic heterocycles. The normalized spacial score (nSPS) is 18.5. The number of ketones is 1. The number of halogens is 1. The van der Waals surface area contributed by atoms with Crippen molar-refractivity contribution >= 4 is 34.8 Å².